The first kappa shape index (κ1) is 12.8. The molecule has 2 aliphatic rings. The Morgan fingerprint density at radius 3 is 3.10 bits per heavy atom. The molecule has 2 aromatic rings. The lowest BCUT2D eigenvalue weighted by atomic mass is 10.1. The van der Waals surface area contributed by atoms with Crippen LogP contribution in [0.15, 0.2) is 29.0 Å². The molecule has 1 aromatic carbocycles. The maximum Gasteiger partial charge on any atom is 0.257 e. The monoisotopic (exact) mass is 348 g/mol. The molecule has 0 spiro atoms. The highest BCUT2D eigenvalue weighted by molar-refractivity contribution is 9.10. The van der Waals surface area contributed by atoms with Crippen LogP contribution in [0.3, 0.4) is 0 Å². The van der Waals surface area contributed by atoms with Crippen LogP contribution in [-0.4, -0.2) is 27.1 Å². The number of amides is 1. The topological polar surface area (TPSA) is 70.4 Å². The number of aliphatic hydroxyl groups is 1. The molecule has 7 heteroatoms. The van der Waals surface area contributed by atoms with Gasteiger partial charge in [0.2, 0.25) is 0 Å². The fourth-order valence-electron chi connectivity index (χ4n) is 2.88. The average molecular weight is 349 g/mol. The molecular formula is C14H13BrN4O2. The van der Waals surface area contributed by atoms with Crippen LogP contribution in [0.2, 0.25) is 0 Å². The molecule has 0 saturated carbocycles. The summed E-state index contributed by atoms with van der Waals surface area (Å²) in [5.41, 5.74) is 2.30. The second-order valence-electron chi connectivity index (χ2n) is 5.24. The molecule has 0 saturated heterocycles. The summed E-state index contributed by atoms with van der Waals surface area (Å²) in [6.07, 6.45) is 2.72. The summed E-state index contributed by atoms with van der Waals surface area (Å²) >= 11 is 3.54. The summed E-state index contributed by atoms with van der Waals surface area (Å²) in [7, 11) is 0. The first-order valence-corrected chi connectivity index (χ1v) is 7.50. The molecule has 1 unspecified atom stereocenters. The van der Waals surface area contributed by atoms with Crippen LogP contribution in [0.5, 0.6) is 0 Å². The lowest BCUT2D eigenvalue weighted by molar-refractivity contribution is -0.123. The molecule has 0 radical (unpaired) electrons. The minimum absolute atomic E-state index is 0.372. The zero-order valence-electron chi connectivity index (χ0n) is 11.1. The number of anilines is 2. The van der Waals surface area contributed by atoms with Crippen molar-refractivity contribution in [3.8, 4) is 0 Å². The van der Waals surface area contributed by atoms with Crippen molar-refractivity contribution in [3.05, 3.63) is 40.4 Å². The molecular weight excluding hydrogens is 336 g/mol. The Bertz CT molecular complexity index is 743. The summed E-state index contributed by atoms with van der Waals surface area (Å²) in [5.74, 6) is 0.654. The van der Waals surface area contributed by atoms with Gasteiger partial charge in [-0.2, -0.15) is 0 Å². The predicted molar refractivity (Wildman–Crippen MR) is 81.0 cm³/mol. The number of imidazole rings is 1. The highest BCUT2D eigenvalue weighted by atomic mass is 79.9. The van der Waals surface area contributed by atoms with Crippen LogP contribution >= 0.6 is 15.9 Å². The second-order valence-corrected chi connectivity index (χ2v) is 6.10. The van der Waals surface area contributed by atoms with Crippen LogP contribution in [0.1, 0.15) is 17.5 Å². The normalized spacial score (nSPS) is 20.2. The van der Waals surface area contributed by atoms with Crippen molar-refractivity contribution in [2.24, 2.45) is 0 Å². The number of fused-ring (bicyclic) bond motifs is 2. The van der Waals surface area contributed by atoms with E-state index in [4.69, 9.17) is 0 Å². The molecule has 2 N–H and O–H groups in total. The molecule has 21 heavy (non-hydrogen) atoms. The highest BCUT2D eigenvalue weighted by Gasteiger charge is 2.30. The van der Waals surface area contributed by atoms with E-state index in [1.807, 2.05) is 24.5 Å². The third kappa shape index (κ3) is 1.96. The Labute approximate surface area is 129 Å². The van der Waals surface area contributed by atoms with E-state index in [1.54, 1.807) is 0 Å². The molecule has 0 bridgehead atoms. The van der Waals surface area contributed by atoms with Gasteiger partial charge in [-0.3, -0.25) is 4.79 Å². The van der Waals surface area contributed by atoms with Crippen LogP contribution in [0.25, 0.3) is 0 Å². The average Bonchev–Trinajstić information content (AvgIpc) is 3.04. The molecule has 3 heterocycles. The maximum absolute atomic E-state index is 11.6. The van der Waals surface area contributed by atoms with Gasteiger partial charge in [-0.25, -0.2) is 4.98 Å². The Kier molecular flexibility index (Phi) is 2.80. The minimum Gasteiger partial charge on any atom is -0.378 e. The van der Waals surface area contributed by atoms with E-state index >= 15 is 0 Å². The number of halogens is 1. The first-order chi connectivity index (χ1) is 10.1. The summed E-state index contributed by atoms with van der Waals surface area (Å²) in [4.78, 5) is 18.1. The van der Waals surface area contributed by atoms with E-state index in [9.17, 15) is 9.90 Å². The van der Waals surface area contributed by atoms with Gasteiger partial charge in [-0.1, -0.05) is 0 Å². The molecule has 4 rings (SSSR count). The number of hydrogen-bond donors (Lipinski definition) is 2. The summed E-state index contributed by atoms with van der Waals surface area (Å²) < 4.78 is 3.01. The number of aromatic nitrogens is 2. The van der Waals surface area contributed by atoms with Gasteiger partial charge in [0, 0.05) is 41.2 Å². The van der Waals surface area contributed by atoms with E-state index in [0.717, 1.165) is 35.6 Å². The number of carbonyl (C=O) groups is 1. The van der Waals surface area contributed by atoms with E-state index in [-0.39, 0.29) is 5.91 Å². The Morgan fingerprint density at radius 1 is 1.38 bits per heavy atom. The highest BCUT2D eigenvalue weighted by Crippen LogP contribution is 2.39. The van der Waals surface area contributed by atoms with E-state index in [0.29, 0.717) is 11.3 Å². The van der Waals surface area contributed by atoms with Crippen molar-refractivity contribution in [1.29, 1.82) is 0 Å². The van der Waals surface area contributed by atoms with Gasteiger partial charge in [0.1, 0.15) is 5.82 Å². The van der Waals surface area contributed by atoms with Crippen molar-refractivity contribution in [2.75, 3.05) is 16.8 Å². The smallest absolute Gasteiger partial charge is 0.257 e. The van der Waals surface area contributed by atoms with Crippen LogP contribution < -0.4 is 10.2 Å². The van der Waals surface area contributed by atoms with Gasteiger partial charge < -0.3 is 19.9 Å². The van der Waals surface area contributed by atoms with E-state index < -0.39 is 6.10 Å². The Morgan fingerprint density at radius 2 is 2.24 bits per heavy atom. The van der Waals surface area contributed by atoms with Crippen LogP contribution in [0, 0.1) is 0 Å². The number of nitrogens with zero attached hydrogens (tertiary/aromatic N) is 3. The predicted octanol–water partition coefficient (Wildman–Crippen LogP) is 1.65. The second kappa shape index (κ2) is 4.57. The summed E-state index contributed by atoms with van der Waals surface area (Å²) in [5, 5.41) is 12.5. The molecule has 1 aromatic heterocycles. The standard InChI is InChI=1S/C14H13BrN4O2/c15-9-5-8-10(17-14(21)13(8)20)6-11(9)19-4-3-18-2-1-16-12(18)7-19/h1-2,5-6,13,20H,3-4,7H2,(H,17,21). The molecule has 0 fully saturated rings. The fourth-order valence-corrected chi connectivity index (χ4v) is 3.49. The first-order valence-electron chi connectivity index (χ1n) is 6.71. The fraction of sp³-hybridized carbons (Fsp3) is 0.286. The largest absolute Gasteiger partial charge is 0.378 e. The molecule has 1 amide bonds. The number of rotatable bonds is 1. The quantitative estimate of drug-likeness (QED) is 0.822. The van der Waals surface area contributed by atoms with Crippen molar-refractivity contribution in [2.45, 2.75) is 19.2 Å². The third-order valence-electron chi connectivity index (χ3n) is 4.01. The number of aliphatic hydroxyl groups excluding tert-OH is 1. The van der Waals surface area contributed by atoms with Crippen molar-refractivity contribution >= 4 is 33.2 Å². The molecule has 1 atom stereocenters. The van der Waals surface area contributed by atoms with Gasteiger partial charge in [-0.15, -0.1) is 0 Å². The number of carbonyl (C=O) groups excluding carboxylic acids is 1. The SMILES string of the molecule is O=C1Nc2cc(N3CCn4ccnc4C3)c(Br)cc2C1O. The van der Waals surface area contributed by atoms with Gasteiger partial charge in [-0.05, 0) is 28.1 Å². The molecule has 2 aliphatic heterocycles. The number of benzene rings is 1. The zero-order chi connectivity index (χ0) is 14.6. The Balaban J connectivity index is 1.71. The van der Waals surface area contributed by atoms with Crippen molar-refractivity contribution in [1.82, 2.24) is 9.55 Å². The third-order valence-corrected chi connectivity index (χ3v) is 4.64. The Hall–Kier alpha value is -1.86. The lowest BCUT2D eigenvalue weighted by Gasteiger charge is -2.30. The number of nitrogens with one attached hydrogen (secondary N) is 1. The number of hydrogen-bond acceptors (Lipinski definition) is 4. The van der Waals surface area contributed by atoms with Crippen LogP contribution in [0.4, 0.5) is 11.4 Å². The molecule has 108 valence electrons. The van der Waals surface area contributed by atoms with E-state index in [2.05, 4.69) is 35.7 Å². The van der Waals surface area contributed by atoms with Crippen molar-refractivity contribution < 1.29 is 9.90 Å². The van der Waals surface area contributed by atoms with Gasteiger partial charge in [0.15, 0.2) is 6.10 Å². The molecule has 6 nitrogen and oxygen atoms in total. The van der Waals surface area contributed by atoms with E-state index in [1.165, 1.54) is 0 Å². The summed E-state index contributed by atoms with van der Waals surface area (Å²) in [6.45, 7) is 2.48. The van der Waals surface area contributed by atoms with Gasteiger partial charge in [0.05, 0.1) is 12.2 Å². The minimum atomic E-state index is -1.08. The lowest BCUT2D eigenvalue weighted by Crippen LogP contribution is -2.33. The maximum atomic E-state index is 11.6. The van der Waals surface area contributed by atoms with Crippen molar-refractivity contribution in [3.63, 3.8) is 0 Å². The summed E-state index contributed by atoms with van der Waals surface area (Å²) in [6, 6.07) is 3.72. The van der Waals surface area contributed by atoms with Crippen LogP contribution in [-0.2, 0) is 17.9 Å². The molecule has 0 aliphatic carbocycles. The van der Waals surface area contributed by atoms with Gasteiger partial charge in [0.25, 0.3) is 5.91 Å². The van der Waals surface area contributed by atoms with Gasteiger partial charge >= 0.3 is 0 Å². The zero-order valence-corrected chi connectivity index (χ0v) is 12.7.